The zero-order valence-corrected chi connectivity index (χ0v) is 24.5. The van der Waals surface area contributed by atoms with Crippen molar-refractivity contribution in [3.63, 3.8) is 0 Å². The molecule has 45 heavy (non-hydrogen) atoms. The summed E-state index contributed by atoms with van der Waals surface area (Å²) in [6.07, 6.45) is -12.3. The van der Waals surface area contributed by atoms with Gasteiger partial charge in [-0.1, -0.05) is 19.1 Å². The summed E-state index contributed by atoms with van der Waals surface area (Å²) in [4.78, 5) is 26.0. The van der Waals surface area contributed by atoms with Crippen molar-refractivity contribution in [3.8, 4) is 0 Å². The first kappa shape index (κ1) is 34.6. The molecule has 4 rings (SSSR count). The molecule has 7 nitrogen and oxygen atoms in total. The lowest BCUT2D eigenvalue weighted by Crippen LogP contribution is -2.54. The number of amides is 1. The first-order valence-electron chi connectivity index (χ1n) is 13.9. The summed E-state index contributed by atoms with van der Waals surface area (Å²) in [7, 11) is -4.75. The number of carbonyl (C=O) groups is 2. The molecule has 1 aliphatic heterocycles. The third-order valence-corrected chi connectivity index (χ3v) is 11.8. The number of carboxylic acid groups (broad SMARTS) is 1. The van der Waals surface area contributed by atoms with Crippen LogP contribution < -0.4 is 0 Å². The van der Waals surface area contributed by atoms with E-state index in [1.807, 2.05) is 0 Å². The van der Waals surface area contributed by atoms with Crippen LogP contribution in [0.15, 0.2) is 47.4 Å². The molecule has 2 aromatic rings. The number of alkyl halides is 6. The smallest absolute Gasteiger partial charge is 0.430 e. The van der Waals surface area contributed by atoms with Gasteiger partial charge in [0.1, 0.15) is 16.4 Å². The highest BCUT2D eigenvalue weighted by atomic mass is 32.2. The van der Waals surface area contributed by atoms with E-state index in [1.54, 1.807) is 6.92 Å². The van der Waals surface area contributed by atoms with E-state index in [4.69, 9.17) is 0 Å². The molecule has 0 unspecified atom stereocenters. The number of rotatable bonds is 7. The molecule has 248 valence electrons. The van der Waals surface area contributed by atoms with E-state index in [9.17, 15) is 59.0 Å². The molecule has 1 saturated heterocycles. The van der Waals surface area contributed by atoms with Gasteiger partial charge in [-0.25, -0.2) is 17.2 Å². The fraction of sp³-hybridized carbons (Fsp3) is 0.517. The molecule has 1 amide bonds. The van der Waals surface area contributed by atoms with E-state index < -0.39 is 96.4 Å². The van der Waals surface area contributed by atoms with Crippen molar-refractivity contribution in [2.75, 3.05) is 13.1 Å². The minimum atomic E-state index is -6.41. The van der Waals surface area contributed by atoms with Gasteiger partial charge in [-0.15, -0.1) is 0 Å². The molecule has 16 heteroatoms. The van der Waals surface area contributed by atoms with Crippen LogP contribution >= 0.6 is 0 Å². The number of hydrogen-bond donors (Lipinski definition) is 2. The number of aliphatic hydroxyl groups is 1. The van der Waals surface area contributed by atoms with Crippen molar-refractivity contribution in [3.05, 3.63) is 65.2 Å². The number of likely N-dealkylation sites (tertiary alicyclic amines) is 1. The van der Waals surface area contributed by atoms with Crippen molar-refractivity contribution in [1.82, 2.24) is 4.90 Å². The summed E-state index contributed by atoms with van der Waals surface area (Å²) in [6.45, 7) is 0.757. The highest BCUT2D eigenvalue weighted by molar-refractivity contribution is 7.92. The van der Waals surface area contributed by atoms with Gasteiger partial charge in [0.2, 0.25) is 5.91 Å². The Balaban J connectivity index is 1.83. The van der Waals surface area contributed by atoms with Gasteiger partial charge in [-0.2, -0.15) is 26.3 Å². The zero-order valence-electron chi connectivity index (χ0n) is 23.7. The van der Waals surface area contributed by atoms with Crippen molar-refractivity contribution in [2.45, 2.75) is 73.0 Å². The lowest BCUT2D eigenvalue weighted by atomic mass is 9.68. The average molecular weight is 672 g/mol. The monoisotopic (exact) mass is 671 g/mol. The molecule has 0 spiro atoms. The van der Waals surface area contributed by atoms with E-state index in [0.717, 1.165) is 24.3 Å². The van der Waals surface area contributed by atoms with Crippen molar-refractivity contribution in [2.24, 2.45) is 11.3 Å². The Labute approximate surface area is 252 Å². The van der Waals surface area contributed by atoms with Crippen molar-refractivity contribution < 1.29 is 63.3 Å². The highest BCUT2D eigenvalue weighted by Gasteiger charge is 2.72. The number of carboxylic acids is 1. The Morgan fingerprint density at radius 3 is 1.96 bits per heavy atom. The Morgan fingerprint density at radius 2 is 1.49 bits per heavy atom. The second kappa shape index (κ2) is 11.5. The maximum Gasteiger partial charge on any atom is 0.430 e. The van der Waals surface area contributed by atoms with Crippen LogP contribution in [-0.4, -0.2) is 60.8 Å². The molecule has 2 fully saturated rings. The Morgan fingerprint density at radius 1 is 0.933 bits per heavy atom. The largest absolute Gasteiger partial charge is 0.481 e. The molecular weight excluding hydrogens is 642 g/mol. The highest BCUT2D eigenvalue weighted by Crippen LogP contribution is 2.52. The fourth-order valence-electron chi connectivity index (χ4n) is 6.43. The molecule has 0 radical (unpaired) electrons. The third kappa shape index (κ3) is 5.57. The molecule has 2 aromatic carbocycles. The van der Waals surface area contributed by atoms with E-state index in [0.29, 0.717) is 6.07 Å². The molecule has 1 atom stereocenters. The lowest BCUT2D eigenvalue weighted by Gasteiger charge is -2.40. The predicted molar refractivity (Wildman–Crippen MR) is 141 cm³/mol. The maximum absolute atomic E-state index is 15.3. The summed E-state index contributed by atoms with van der Waals surface area (Å²) < 4.78 is 136. The molecule has 2 N–H and O–H groups in total. The van der Waals surface area contributed by atoms with E-state index in [1.165, 1.54) is 4.90 Å². The van der Waals surface area contributed by atoms with Crippen LogP contribution in [0.4, 0.5) is 35.1 Å². The normalized spacial score (nSPS) is 24.9. The van der Waals surface area contributed by atoms with Crippen LogP contribution in [-0.2, 0) is 29.8 Å². The Kier molecular flexibility index (Phi) is 8.85. The Bertz CT molecular complexity index is 1550. The molecule has 1 aliphatic carbocycles. The number of aliphatic carboxylic acids is 1. The number of sulfone groups is 1. The van der Waals surface area contributed by atoms with Gasteiger partial charge >= 0.3 is 18.3 Å². The van der Waals surface area contributed by atoms with E-state index >= 15 is 4.39 Å². The van der Waals surface area contributed by atoms with Gasteiger partial charge in [0.15, 0.2) is 9.84 Å². The standard InChI is InChI=1S/C29H29F8NO6S/c1-2-25(11-9-17(10-12-25)23(39)40)24(41)38-14-13-26(16-38,45(43,44)20-6-4-19(30)5-7-20)18-3-8-21(22(31)15-18)27(42,28(32,33)34)29(35,36)37/h3-8,15,17,42H,2,9-14,16H2,1H3,(H,39,40)/t17?,25?,26-/m0/s1. The quantitative estimate of drug-likeness (QED) is 0.282. The minimum Gasteiger partial charge on any atom is -0.481 e. The number of hydrogen-bond acceptors (Lipinski definition) is 5. The van der Waals surface area contributed by atoms with Crippen LogP contribution in [0.2, 0.25) is 0 Å². The van der Waals surface area contributed by atoms with Crippen LogP contribution in [0.25, 0.3) is 0 Å². The molecular formula is C29H29F8NO6S. The first-order valence-corrected chi connectivity index (χ1v) is 15.3. The van der Waals surface area contributed by atoms with Crippen molar-refractivity contribution >= 4 is 21.7 Å². The average Bonchev–Trinajstić information content (AvgIpc) is 3.43. The number of benzene rings is 2. The minimum absolute atomic E-state index is 0.0127. The zero-order chi connectivity index (χ0) is 33.8. The van der Waals surface area contributed by atoms with Crippen LogP contribution in [0, 0.1) is 23.0 Å². The predicted octanol–water partition coefficient (Wildman–Crippen LogP) is 5.85. The summed E-state index contributed by atoms with van der Waals surface area (Å²) in [5, 5.41) is 19.1. The summed E-state index contributed by atoms with van der Waals surface area (Å²) in [5.74, 6) is -5.23. The van der Waals surface area contributed by atoms with Gasteiger partial charge in [0.25, 0.3) is 5.60 Å². The summed E-state index contributed by atoms with van der Waals surface area (Å²) in [5.41, 5.74) is -9.47. The lowest BCUT2D eigenvalue weighted by molar-refractivity contribution is -0.377. The van der Waals surface area contributed by atoms with Gasteiger partial charge in [0, 0.05) is 24.1 Å². The second-order valence-electron chi connectivity index (χ2n) is 11.6. The van der Waals surface area contributed by atoms with Crippen molar-refractivity contribution in [1.29, 1.82) is 0 Å². The molecule has 1 saturated carbocycles. The van der Waals surface area contributed by atoms with Gasteiger partial charge in [0.05, 0.1) is 10.8 Å². The molecule has 0 bridgehead atoms. The van der Waals surface area contributed by atoms with Crippen LogP contribution in [0.3, 0.4) is 0 Å². The van der Waals surface area contributed by atoms with Gasteiger partial charge in [-0.05, 0) is 74.4 Å². The fourth-order valence-corrected chi connectivity index (χ4v) is 8.50. The maximum atomic E-state index is 15.3. The first-order chi connectivity index (χ1) is 20.7. The number of carbonyl (C=O) groups excluding carboxylic acids is 1. The van der Waals surface area contributed by atoms with Crippen LogP contribution in [0.5, 0.6) is 0 Å². The molecule has 0 aromatic heterocycles. The molecule has 2 aliphatic rings. The van der Waals surface area contributed by atoms with Gasteiger partial charge < -0.3 is 15.1 Å². The number of nitrogens with zero attached hydrogens (tertiary/aromatic N) is 1. The van der Waals surface area contributed by atoms with E-state index in [2.05, 4.69) is 0 Å². The van der Waals surface area contributed by atoms with E-state index in [-0.39, 0.29) is 50.8 Å². The molecule has 1 heterocycles. The Hall–Kier alpha value is -3.27. The third-order valence-electron chi connectivity index (χ3n) is 9.29. The topological polar surface area (TPSA) is 112 Å². The van der Waals surface area contributed by atoms with Gasteiger partial charge in [-0.3, -0.25) is 9.59 Å². The SMILES string of the molecule is CCC1(C(=O)N2CC[C@](c3ccc(C(O)(C(F)(F)F)C(F)(F)F)c(F)c3)(S(=O)(=O)c3ccc(F)cc3)C2)CCC(C(=O)O)CC1. The summed E-state index contributed by atoms with van der Waals surface area (Å²) in [6, 6.07) is 4.09. The van der Waals surface area contributed by atoms with Crippen LogP contribution in [0.1, 0.15) is 56.6 Å². The summed E-state index contributed by atoms with van der Waals surface area (Å²) >= 11 is 0. The second-order valence-corrected chi connectivity index (χ2v) is 13.8. The number of halogens is 8.